The zero-order valence-electron chi connectivity index (χ0n) is 17.7. The summed E-state index contributed by atoms with van der Waals surface area (Å²) in [4.78, 5) is 2.51. The van der Waals surface area contributed by atoms with Crippen LogP contribution >= 0.6 is 12.2 Å². The Morgan fingerprint density at radius 3 is 2.46 bits per heavy atom. The van der Waals surface area contributed by atoms with Crippen LogP contribution in [-0.4, -0.2) is 55.5 Å². The molecule has 1 heterocycles. The maximum atomic E-state index is 13.1. The monoisotopic (exact) mass is 425 g/mol. The van der Waals surface area contributed by atoms with Crippen LogP contribution in [0.15, 0.2) is 23.1 Å². The highest BCUT2D eigenvalue weighted by Gasteiger charge is 2.30. The molecule has 2 rings (SSSR count). The highest BCUT2D eigenvalue weighted by Crippen LogP contribution is 2.22. The molecule has 0 aliphatic carbocycles. The van der Waals surface area contributed by atoms with Crippen LogP contribution in [0.5, 0.6) is 0 Å². The molecule has 0 bridgehead atoms. The van der Waals surface area contributed by atoms with E-state index in [1.165, 1.54) is 19.3 Å². The van der Waals surface area contributed by atoms with Crippen molar-refractivity contribution in [2.75, 3.05) is 32.7 Å². The maximum Gasteiger partial charge on any atom is 0.243 e. The fraction of sp³-hybridized carbons (Fsp3) is 0.667. The molecular weight excluding hydrogens is 390 g/mol. The van der Waals surface area contributed by atoms with E-state index >= 15 is 0 Å². The van der Waals surface area contributed by atoms with Gasteiger partial charge in [0.15, 0.2) is 5.11 Å². The van der Waals surface area contributed by atoms with Crippen LogP contribution in [0.2, 0.25) is 0 Å². The van der Waals surface area contributed by atoms with Crippen LogP contribution in [0, 0.1) is 19.8 Å². The lowest BCUT2D eigenvalue weighted by Crippen LogP contribution is -2.53. The van der Waals surface area contributed by atoms with Gasteiger partial charge in [0, 0.05) is 32.7 Å². The van der Waals surface area contributed by atoms with Crippen LogP contribution in [0.3, 0.4) is 0 Å². The largest absolute Gasteiger partial charge is 0.362 e. The Balaban J connectivity index is 1.91. The first-order valence-corrected chi connectivity index (χ1v) is 12.2. The number of nitrogens with zero attached hydrogens (tertiary/aromatic N) is 2. The summed E-state index contributed by atoms with van der Waals surface area (Å²) in [5.74, 6) is 0.642. The molecule has 1 aromatic rings. The van der Waals surface area contributed by atoms with Crippen LogP contribution < -0.4 is 5.32 Å². The number of rotatable bonds is 8. The van der Waals surface area contributed by atoms with Gasteiger partial charge < -0.3 is 10.2 Å². The van der Waals surface area contributed by atoms with E-state index in [1.54, 1.807) is 10.4 Å². The van der Waals surface area contributed by atoms with E-state index in [-0.39, 0.29) is 0 Å². The highest BCUT2D eigenvalue weighted by molar-refractivity contribution is 7.89. The van der Waals surface area contributed by atoms with Crippen molar-refractivity contribution in [1.82, 2.24) is 14.5 Å². The van der Waals surface area contributed by atoms with Gasteiger partial charge in [-0.05, 0) is 55.6 Å². The van der Waals surface area contributed by atoms with Gasteiger partial charge in [-0.25, -0.2) is 8.42 Å². The zero-order chi connectivity index (χ0) is 20.7. The van der Waals surface area contributed by atoms with Crippen LogP contribution in [0.4, 0.5) is 0 Å². The van der Waals surface area contributed by atoms with Gasteiger partial charge in [-0.1, -0.05) is 45.2 Å². The normalized spacial score (nSPS) is 16.8. The fourth-order valence-electron chi connectivity index (χ4n) is 3.54. The van der Waals surface area contributed by atoms with Gasteiger partial charge in [-0.15, -0.1) is 0 Å². The van der Waals surface area contributed by atoms with Crippen molar-refractivity contribution in [2.45, 2.75) is 58.3 Å². The summed E-state index contributed by atoms with van der Waals surface area (Å²) in [6.45, 7) is 11.3. The number of benzene rings is 1. The Morgan fingerprint density at radius 1 is 1.18 bits per heavy atom. The summed E-state index contributed by atoms with van der Waals surface area (Å²) in [7, 11) is -3.46. The first kappa shape index (κ1) is 23.1. The van der Waals surface area contributed by atoms with Crippen molar-refractivity contribution in [3.05, 3.63) is 29.3 Å². The minimum absolute atomic E-state index is 0.420. The molecule has 1 saturated heterocycles. The number of thiocarbonyl (C=S) groups is 1. The van der Waals surface area contributed by atoms with E-state index in [1.807, 2.05) is 26.0 Å². The molecular formula is C21H35N3O2S2. The molecule has 0 unspecified atom stereocenters. The van der Waals surface area contributed by atoms with Gasteiger partial charge >= 0.3 is 0 Å². The molecule has 28 heavy (non-hydrogen) atoms. The van der Waals surface area contributed by atoms with Gasteiger partial charge in [0.05, 0.1) is 4.90 Å². The van der Waals surface area contributed by atoms with E-state index in [9.17, 15) is 8.42 Å². The quantitative estimate of drug-likeness (QED) is 0.644. The van der Waals surface area contributed by atoms with E-state index in [4.69, 9.17) is 12.2 Å². The number of nitrogens with one attached hydrogen (secondary N) is 1. The van der Waals surface area contributed by atoms with Gasteiger partial charge in [0.1, 0.15) is 0 Å². The van der Waals surface area contributed by atoms with Gasteiger partial charge in [-0.2, -0.15) is 4.31 Å². The summed E-state index contributed by atoms with van der Waals surface area (Å²) >= 11 is 5.56. The molecule has 1 fully saturated rings. The molecule has 1 aromatic carbocycles. The molecule has 0 spiro atoms. The summed E-state index contributed by atoms with van der Waals surface area (Å²) < 4.78 is 27.7. The van der Waals surface area contributed by atoms with Crippen molar-refractivity contribution in [3.8, 4) is 0 Å². The molecule has 0 radical (unpaired) electrons. The Hall–Kier alpha value is -1.18. The maximum absolute atomic E-state index is 13.1. The average Bonchev–Trinajstić information content (AvgIpc) is 2.69. The third-order valence-corrected chi connectivity index (χ3v) is 8.02. The van der Waals surface area contributed by atoms with Gasteiger partial charge in [-0.3, -0.25) is 0 Å². The van der Waals surface area contributed by atoms with Crippen LogP contribution in [-0.2, 0) is 10.0 Å². The fourth-order valence-corrected chi connectivity index (χ4v) is 5.54. The van der Waals surface area contributed by atoms with Crippen molar-refractivity contribution in [3.63, 3.8) is 0 Å². The number of piperazine rings is 1. The van der Waals surface area contributed by atoms with E-state index in [0.717, 1.165) is 29.2 Å². The van der Waals surface area contributed by atoms with Crippen molar-refractivity contribution < 1.29 is 8.42 Å². The van der Waals surface area contributed by atoms with Gasteiger partial charge in [0.25, 0.3) is 0 Å². The third kappa shape index (κ3) is 5.91. The first-order valence-electron chi connectivity index (χ1n) is 10.4. The Kier molecular flexibility index (Phi) is 8.71. The SMILES string of the molecule is CCCC[C@H](CC)CNC(=S)N1CCN(S(=O)(=O)c2cc(C)ccc2C)CC1. The zero-order valence-corrected chi connectivity index (χ0v) is 19.3. The summed E-state index contributed by atoms with van der Waals surface area (Å²) in [5.41, 5.74) is 1.75. The second-order valence-corrected chi connectivity index (χ2v) is 10.1. The molecule has 0 amide bonds. The average molecular weight is 426 g/mol. The van der Waals surface area contributed by atoms with Crippen molar-refractivity contribution in [1.29, 1.82) is 0 Å². The Morgan fingerprint density at radius 2 is 1.86 bits per heavy atom. The topological polar surface area (TPSA) is 52.6 Å². The molecule has 158 valence electrons. The van der Waals surface area contributed by atoms with Crippen molar-refractivity contribution in [2.24, 2.45) is 5.92 Å². The number of unbranched alkanes of at least 4 members (excludes halogenated alkanes) is 1. The minimum atomic E-state index is -3.46. The third-order valence-electron chi connectivity index (χ3n) is 5.57. The lowest BCUT2D eigenvalue weighted by molar-refractivity contribution is 0.262. The minimum Gasteiger partial charge on any atom is -0.362 e. The first-order chi connectivity index (χ1) is 13.3. The Bertz CT molecular complexity index is 757. The molecule has 7 heteroatoms. The Labute approximate surface area is 176 Å². The highest BCUT2D eigenvalue weighted by atomic mass is 32.2. The second-order valence-electron chi connectivity index (χ2n) is 7.76. The van der Waals surface area contributed by atoms with E-state index in [0.29, 0.717) is 37.0 Å². The molecule has 5 nitrogen and oxygen atoms in total. The molecule has 1 aliphatic heterocycles. The smallest absolute Gasteiger partial charge is 0.243 e. The number of aryl methyl sites for hydroxylation is 2. The van der Waals surface area contributed by atoms with Crippen LogP contribution in [0.1, 0.15) is 50.7 Å². The van der Waals surface area contributed by atoms with Crippen LogP contribution in [0.25, 0.3) is 0 Å². The summed E-state index contributed by atoms with van der Waals surface area (Å²) in [6.07, 6.45) is 4.85. The summed E-state index contributed by atoms with van der Waals surface area (Å²) in [5, 5.41) is 4.15. The van der Waals surface area contributed by atoms with E-state index < -0.39 is 10.0 Å². The number of hydrogen-bond donors (Lipinski definition) is 1. The number of sulfonamides is 1. The predicted molar refractivity (Wildman–Crippen MR) is 120 cm³/mol. The standard InChI is InChI=1S/C21H35N3O2S2/c1-5-7-8-19(6-2)16-22-21(27)23-11-13-24(14-12-23)28(25,26)20-15-17(3)9-10-18(20)4/h9-10,15,19H,5-8,11-14,16H2,1-4H3,(H,22,27)/t19-/m0/s1. The van der Waals surface area contributed by atoms with Crippen molar-refractivity contribution >= 4 is 27.4 Å². The predicted octanol–water partition coefficient (Wildman–Crippen LogP) is 3.70. The number of hydrogen-bond acceptors (Lipinski definition) is 3. The van der Waals surface area contributed by atoms with E-state index in [2.05, 4.69) is 24.1 Å². The molecule has 0 aromatic heterocycles. The molecule has 1 aliphatic rings. The second kappa shape index (κ2) is 10.6. The van der Waals surface area contributed by atoms with Gasteiger partial charge in [0.2, 0.25) is 10.0 Å². The summed E-state index contributed by atoms with van der Waals surface area (Å²) in [6, 6.07) is 5.59. The lowest BCUT2D eigenvalue weighted by Gasteiger charge is -2.36. The molecule has 0 saturated carbocycles. The molecule has 1 N–H and O–H groups in total. The lowest BCUT2D eigenvalue weighted by atomic mass is 9.99. The molecule has 1 atom stereocenters.